The van der Waals surface area contributed by atoms with Crippen molar-refractivity contribution in [3.63, 3.8) is 0 Å². The Hall–Kier alpha value is -0.940. The lowest BCUT2D eigenvalue weighted by Crippen LogP contribution is -2.32. The molecular formula is C10H18N4O. The fraction of sp³-hybridized carbons (Fsp3) is 0.800. The van der Waals surface area contributed by atoms with Gasteiger partial charge in [-0.15, -0.1) is 10.2 Å². The third kappa shape index (κ3) is 3.00. The summed E-state index contributed by atoms with van der Waals surface area (Å²) in [6.45, 7) is 3.62. The van der Waals surface area contributed by atoms with Crippen molar-refractivity contribution >= 4 is 0 Å². The lowest BCUT2D eigenvalue weighted by molar-refractivity contribution is 0.0727. The van der Waals surface area contributed by atoms with E-state index in [-0.39, 0.29) is 0 Å². The largest absolute Gasteiger partial charge is 0.373 e. The molecule has 5 heteroatoms. The maximum Gasteiger partial charge on any atom is 0.158 e. The Bertz CT molecular complexity index is 293. The minimum absolute atomic E-state index is 0.562. The maximum absolute atomic E-state index is 5.64. The van der Waals surface area contributed by atoms with Crippen molar-refractivity contribution in [3.8, 4) is 0 Å². The van der Waals surface area contributed by atoms with Crippen LogP contribution in [-0.2, 0) is 18.4 Å². The highest BCUT2D eigenvalue weighted by atomic mass is 16.5. The number of hydrogen-bond acceptors (Lipinski definition) is 4. The van der Waals surface area contributed by atoms with E-state index in [0.717, 1.165) is 25.5 Å². The molecule has 0 spiro atoms. The lowest BCUT2D eigenvalue weighted by atomic mass is 10.0. The SMILES string of the molecule is Cn1cnnc1COCC1CCCNC1. The molecule has 0 radical (unpaired) electrons. The minimum atomic E-state index is 0.562. The van der Waals surface area contributed by atoms with Crippen molar-refractivity contribution in [2.75, 3.05) is 19.7 Å². The average molecular weight is 210 g/mol. The number of hydrogen-bond donors (Lipinski definition) is 1. The van der Waals surface area contributed by atoms with Gasteiger partial charge in [0.15, 0.2) is 5.82 Å². The summed E-state index contributed by atoms with van der Waals surface area (Å²) in [5, 5.41) is 11.2. The van der Waals surface area contributed by atoms with Crippen LogP contribution >= 0.6 is 0 Å². The summed E-state index contributed by atoms with van der Waals surface area (Å²) < 4.78 is 7.52. The Morgan fingerprint density at radius 2 is 2.60 bits per heavy atom. The van der Waals surface area contributed by atoms with Crippen molar-refractivity contribution in [1.29, 1.82) is 0 Å². The Labute approximate surface area is 89.8 Å². The Balaban J connectivity index is 1.68. The van der Waals surface area contributed by atoms with Crippen LogP contribution in [0.3, 0.4) is 0 Å². The molecule has 1 aliphatic rings. The highest BCUT2D eigenvalue weighted by Gasteiger charge is 2.13. The van der Waals surface area contributed by atoms with Gasteiger partial charge in [0.25, 0.3) is 0 Å². The van der Waals surface area contributed by atoms with E-state index in [2.05, 4.69) is 15.5 Å². The van der Waals surface area contributed by atoms with Crippen LogP contribution in [0, 0.1) is 5.92 Å². The molecule has 15 heavy (non-hydrogen) atoms. The zero-order valence-electron chi connectivity index (χ0n) is 9.15. The molecule has 84 valence electrons. The van der Waals surface area contributed by atoms with E-state index >= 15 is 0 Å². The number of aryl methyl sites for hydroxylation is 1. The van der Waals surface area contributed by atoms with Gasteiger partial charge < -0.3 is 14.6 Å². The number of piperidine rings is 1. The highest BCUT2D eigenvalue weighted by molar-refractivity contribution is 4.80. The molecule has 0 aliphatic carbocycles. The van der Waals surface area contributed by atoms with Crippen molar-refractivity contribution < 1.29 is 4.74 Å². The number of nitrogens with zero attached hydrogens (tertiary/aromatic N) is 3. The molecule has 2 heterocycles. The van der Waals surface area contributed by atoms with Crippen LogP contribution in [0.2, 0.25) is 0 Å². The van der Waals surface area contributed by atoms with Crippen molar-refractivity contribution in [3.05, 3.63) is 12.2 Å². The predicted octanol–water partition coefficient (Wildman–Crippen LogP) is 0.331. The Morgan fingerprint density at radius 3 is 3.27 bits per heavy atom. The molecule has 1 atom stereocenters. The first-order chi connectivity index (χ1) is 7.36. The molecule has 0 saturated carbocycles. The van der Waals surface area contributed by atoms with Gasteiger partial charge in [-0.1, -0.05) is 0 Å². The molecular weight excluding hydrogens is 192 g/mol. The number of ether oxygens (including phenoxy) is 1. The van der Waals surface area contributed by atoms with Crippen molar-refractivity contribution in [1.82, 2.24) is 20.1 Å². The molecule has 5 nitrogen and oxygen atoms in total. The van der Waals surface area contributed by atoms with Gasteiger partial charge in [-0.2, -0.15) is 0 Å². The topological polar surface area (TPSA) is 52.0 Å². The molecule has 1 unspecified atom stereocenters. The van der Waals surface area contributed by atoms with Crippen LogP contribution in [0.15, 0.2) is 6.33 Å². The van der Waals surface area contributed by atoms with Gasteiger partial charge in [-0.3, -0.25) is 0 Å². The first-order valence-electron chi connectivity index (χ1n) is 5.47. The highest BCUT2D eigenvalue weighted by Crippen LogP contribution is 2.10. The normalized spacial score (nSPS) is 21.8. The third-order valence-electron chi connectivity index (χ3n) is 2.79. The molecule has 1 N–H and O–H groups in total. The lowest BCUT2D eigenvalue weighted by Gasteiger charge is -2.22. The molecule has 2 rings (SSSR count). The van der Waals surface area contributed by atoms with Crippen LogP contribution in [0.5, 0.6) is 0 Å². The molecule has 1 fully saturated rings. The van der Waals surface area contributed by atoms with Crippen LogP contribution in [0.1, 0.15) is 18.7 Å². The van der Waals surface area contributed by atoms with Gasteiger partial charge in [0, 0.05) is 13.6 Å². The standard InChI is InChI=1S/C10H18N4O/c1-14-8-12-13-10(14)7-15-6-9-3-2-4-11-5-9/h8-9,11H,2-7H2,1H3. The molecule has 1 aromatic rings. The second-order valence-corrected chi connectivity index (χ2v) is 4.09. The van der Waals surface area contributed by atoms with Crippen LogP contribution in [0.25, 0.3) is 0 Å². The summed E-state index contributed by atoms with van der Waals surface area (Å²) in [4.78, 5) is 0. The smallest absolute Gasteiger partial charge is 0.158 e. The van der Waals surface area contributed by atoms with Gasteiger partial charge in [0.1, 0.15) is 12.9 Å². The predicted molar refractivity (Wildman–Crippen MR) is 56.3 cm³/mol. The summed E-state index contributed by atoms with van der Waals surface area (Å²) >= 11 is 0. The van der Waals surface area contributed by atoms with Crippen molar-refractivity contribution in [2.45, 2.75) is 19.4 Å². The summed E-state index contributed by atoms with van der Waals surface area (Å²) in [6.07, 6.45) is 4.23. The van der Waals surface area contributed by atoms with Crippen molar-refractivity contribution in [2.24, 2.45) is 13.0 Å². The summed E-state index contributed by atoms with van der Waals surface area (Å²) in [5.74, 6) is 1.55. The van der Waals surface area contributed by atoms with Gasteiger partial charge in [-0.25, -0.2) is 0 Å². The summed E-state index contributed by atoms with van der Waals surface area (Å²) in [7, 11) is 1.93. The van der Waals surface area contributed by atoms with E-state index < -0.39 is 0 Å². The van der Waals surface area contributed by atoms with Gasteiger partial charge in [-0.05, 0) is 25.3 Å². The molecule has 1 saturated heterocycles. The van der Waals surface area contributed by atoms with Crippen LogP contribution in [-0.4, -0.2) is 34.5 Å². The number of nitrogens with one attached hydrogen (secondary N) is 1. The average Bonchev–Trinajstić information content (AvgIpc) is 2.66. The molecule has 1 aliphatic heterocycles. The minimum Gasteiger partial charge on any atom is -0.373 e. The van der Waals surface area contributed by atoms with Gasteiger partial charge >= 0.3 is 0 Å². The van der Waals surface area contributed by atoms with Crippen LogP contribution in [0.4, 0.5) is 0 Å². The fourth-order valence-electron chi connectivity index (χ4n) is 1.82. The molecule has 0 bridgehead atoms. The number of aromatic nitrogens is 3. The first kappa shape index (κ1) is 10.6. The monoisotopic (exact) mass is 210 g/mol. The first-order valence-corrected chi connectivity index (χ1v) is 5.47. The van der Waals surface area contributed by atoms with E-state index in [4.69, 9.17) is 4.74 Å². The third-order valence-corrected chi connectivity index (χ3v) is 2.79. The van der Waals surface area contributed by atoms with E-state index in [1.165, 1.54) is 12.8 Å². The van der Waals surface area contributed by atoms with Crippen LogP contribution < -0.4 is 5.32 Å². The van der Waals surface area contributed by atoms with E-state index in [1.807, 2.05) is 11.6 Å². The fourth-order valence-corrected chi connectivity index (χ4v) is 1.82. The molecule has 1 aromatic heterocycles. The number of rotatable bonds is 4. The second-order valence-electron chi connectivity index (χ2n) is 4.09. The molecule has 0 aromatic carbocycles. The van der Waals surface area contributed by atoms with E-state index in [1.54, 1.807) is 6.33 Å². The zero-order valence-corrected chi connectivity index (χ0v) is 9.15. The Morgan fingerprint density at radius 1 is 1.67 bits per heavy atom. The van der Waals surface area contributed by atoms with E-state index in [0.29, 0.717) is 12.5 Å². The summed E-state index contributed by atoms with van der Waals surface area (Å²) in [5.41, 5.74) is 0. The van der Waals surface area contributed by atoms with E-state index in [9.17, 15) is 0 Å². The van der Waals surface area contributed by atoms with Gasteiger partial charge in [0.05, 0.1) is 6.61 Å². The summed E-state index contributed by atoms with van der Waals surface area (Å²) in [6, 6.07) is 0. The second kappa shape index (κ2) is 5.23. The molecule has 0 amide bonds. The zero-order chi connectivity index (χ0) is 10.5. The Kier molecular flexibility index (Phi) is 3.69. The van der Waals surface area contributed by atoms with Gasteiger partial charge in [0.2, 0.25) is 0 Å². The quantitative estimate of drug-likeness (QED) is 0.778. The maximum atomic E-state index is 5.64.